The van der Waals surface area contributed by atoms with Crippen molar-refractivity contribution in [1.82, 2.24) is 14.6 Å². The zero-order valence-corrected chi connectivity index (χ0v) is 8.44. The average Bonchev–Trinajstić information content (AvgIpc) is 2.44. The van der Waals surface area contributed by atoms with E-state index in [9.17, 15) is 0 Å². The molecule has 0 fully saturated rings. The number of anilines is 1. The molecule has 0 saturated heterocycles. The largest absolute Gasteiger partial charge is 0.399 e. The van der Waals surface area contributed by atoms with Gasteiger partial charge in [0.05, 0.1) is 0 Å². The highest BCUT2D eigenvalue weighted by Crippen LogP contribution is 2.09. The highest BCUT2D eigenvalue weighted by molar-refractivity contribution is 5.50. The first-order chi connectivity index (χ1) is 6.65. The molecule has 0 unspecified atom stereocenters. The molecule has 2 rings (SSSR count). The second kappa shape index (κ2) is 3.29. The molecule has 4 heteroatoms. The molecule has 2 heterocycles. The maximum Gasteiger partial charge on any atom is 0.157 e. The lowest BCUT2D eigenvalue weighted by Crippen LogP contribution is -1.96. The lowest BCUT2D eigenvalue weighted by molar-refractivity contribution is 0.620. The van der Waals surface area contributed by atoms with Crippen molar-refractivity contribution in [3.8, 4) is 0 Å². The van der Waals surface area contributed by atoms with Crippen LogP contribution in [0.4, 0.5) is 5.69 Å². The molecule has 2 aromatic heterocycles. The van der Waals surface area contributed by atoms with Crippen molar-refractivity contribution in [1.29, 1.82) is 0 Å². The van der Waals surface area contributed by atoms with Gasteiger partial charge in [-0.1, -0.05) is 13.8 Å². The number of pyridine rings is 1. The zero-order valence-electron chi connectivity index (χ0n) is 8.44. The summed E-state index contributed by atoms with van der Waals surface area (Å²) in [6.07, 6.45) is 2.74. The minimum atomic E-state index is 0.574. The summed E-state index contributed by atoms with van der Waals surface area (Å²) in [5, 5.41) is 4.34. The molecule has 0 spiro atoms. The van der Waals surface area contributed by atoms with Crippen LogP contribution in [0.1, 0.15) is 19.7 Å². The summed E-state index contributed by atoms with van der Waals surface area (Å²) in [5.74, 6) is 1.45. The lowest BCUT2D eigenvalue weighted by Gasteiger charge is -1.96. The summed E-state index contributed by atoms with van der Waals surface area (Å²) >= 11 is 0. The van der Waals surface area contributed by atoms with Gasteiger partial charge in [0.25, 0.3) is 0 Å². The van der Waals surface area contributed by atoms with Crippen LogP contribution in [0.5, 0.6) is 0 Å². The summed E-state index contributed by atoms with van der Waals surface area (Å²) in [4.78, 5) is 4.39. The van der Waals surface area contributed by atoms with Gasteiger partial charge in [0, 0.05) is 24.4 Å². The molecule has 4 nitrogen and oxygen atoms in total. The maximum absolute atomic E-state index is 5.65. The van der Waals surface area contributed by atoms with Crippen LogP contribution in [-0.2, 0) is 6.42 Å². The summed E-state index contributed by atoms with van der Waals surface area (Å²) in [5.41, 5.74) is 7.20. The third kappa shape index (κ3) is 1.69. The molecule has 0 aromatic carbocycles. The third-order valence-corrected chi connectivity index (χ3v) is 2.00. The predicted molar refractivity (Wildman–Crippen MR) is 55.9 cm³/mol. The van der Waals surface area contributed by atoms with E-state index in [1.165, 1.54) is 0 Å². The van der Waals surface area contributed by atoms with Gasteiger partial charge >= 0.3 is 0 Å². The Labute approximate surface area is 82.8 Å². The molecular weight excluding hydrogens is 176 g/mol. The Morgan fingerprint density at radius 1 is 1.50 bits per heavy atom. The molecule has 0 saturated carbocycles. The predicted octanol–water partition coefficient (Wildman–Crippen LogP) is 1.51. The minimum Gasteiger partial charge on any atom is -0.399 e. The molecule has 2 N–H and O–H groups in total. The van der Waals surface area contributed by atoms with E-state index in [2.05, 4.69) is 23.9 Å². The monoisotopic (exact) mass is 190 g/mol. The van der Waals surface area contributed by atoms with E-state index < -0.39 is 0 Å². The van der Waals surface area contributed by atoms with Gasteiger partial charge in [-0.2, -0.15) is 5.10 Å². The van der Waals surface area contributed by atoms with Crippen LogP contribution in [0.2, 0.25) is 0 Å². The van der Waals surface area contributed by atoms with Crippen molar-refractivity contribution in [2.45, 2.75) is 20.3 Å². The Morgan fingerprint density at radius 3 is 3.00 bits per heavy atom. The van der Waals surface area contributed by atoms with E-state index in [4.69, 9.17) is 5.73 Å². The van der Waals surface area contributed by atoms with Crippen LogP contribution in [0.25, 0.3) is 5.65 Å². The number of fused-ring (bicyclic) bond motifs is 1. The average molecular weight is 190 g/mol. The van der Waals surface area contributed by atoms with Gasteiger partial charge in [0.1, 0.15) is 0 Å². The fourth-order valence-corrected chi connectivity index (χ4v) is 1.39. The molecular formula is C10H14N4. The zero-order chi connectivity index (χ0) is 10.1. The second-order valence-corrected chi connectivity index (χ2v) is 3.89. The highest BCUT2D eigenvalue weighted by Gasteiger charge is 2.05. The van der Waals surface area contributed by atoms with Gasteiger partial charge in [-0.05, 0) is 12.0 Å². The van der Waals surface area contributed by atoms with Crippen LogP contribution < -0.4 is 5.73 Å². The second-order valence-electron chi connectivity index (χ2n) is 3.89. The van der Waals surface area contributed by atoms with Gasteiger partial charge < -0.3 is 5.73 Å². The molecule has 74 valence electrons. The topological polar surface area (TPSA) is 56.2 Å². The maximum atomic E-state index is 5.65. The van der Waals surface area contributed by atoms with Crippen molar-refractivity contribution in [3.63, 3.8) is 0 Å². The SMILES string of the molecule is CC(C)Cc1nc2cc(N)ccn2n1. The molecule has 0 aliphatic rings. The van der Waals surface area contributed by atoms with Crippen molar-refractivity contribution >= 4 is 11.3 Å². The minimum absolute atomic E-state index is 0.574. The molecule has 2 aromatic rings. The van der Waals surface area contributed by atoms with Crippen LogP contribution in [0.3, 0.4) is 0 Å². The number of aromatic nitrogens is 3. The van der Waals surface area contributed by atoms with Crippen LogP contribution in [0.15, 0.2) is 18.3 Å². The molecule has 0 bridgehead atoms. The van der Waals surface area contributed by atoms with E-state index in [0.29, 0.717) is 5.92 Å². The Balaban J connectivity index is 2.41. The number of hydrogen-bond donors (Lipinski definition) is 1. The fraction of sp³-hybridized carbons (Fsp3) is 0.400. The molecule has 0 atom stereocenters. The van der Waals surface area contributed by atoms with Gasteiger partial charge in [-0.25, -0.2) is 9.50 Å². The van der Waals surface area contributed by atoms with Crippen molar-refractivity contribution in [2.24, 2.45) is 5.92 Å². The Hall–Kier alpha value is -1.58. The van der Waals surface area contributed by atoms with E-state index in [1.54, 1.807) is 4.52 Å². The molecule has 0 aliphatic carbocycles. The molecule has 0 radical (unpaired) electrons. The number of hydrogen-bond acceptors (Lipinski definition) is 3. The van der Waals surface area contributed by atoms with Crippen molar-refractivity contribution < 1.29 is 0 Å². The van der Waals surface area contributed by atoms with Crippen LogP contribution >= 0.6 is 0 Å². The molecule has 14 heavy (non-hydrogen) atoms. The Morgan fingerprint density at radius 2 is 2.29 bits per heavy atom. The number of nitrogen functional groups attached to an aromatic ring is 1. The fourth-order valence-electron chi connectivity index (χ4n) is 1.39. The Bertz CT molecular complexity index is 444. The lowest BCUT2D eigenvalue weighted by atomic mass is 10.1. The normalized spacial score (nSPS) is 11.4. The number of rotatable bonds is 2. The standard InChI is InChI=1S/C10H14N4/c1-7(2)5-9-12-10-6-8(11)3-4-14(10)13-9/h3-4,6-7H,5,11H2,1-2H3. The van der Waals surface area contributed by atoms with Gasteiger partial charge in [-0.15, -0.1) is 0 Å². The molecule has 0 aliphatic heterocycles. The van der Waals surface area contributed by atoms with Gasteiger partial charge in [0.15, 0.2) is 11.5 Å². The van der Waals surface area contributed by atoms with Gasteiger partial charge in [-0.3, -0.25) is 0 Å². The quantitative estimate of drug-likeness (QED) is 0.781. The number of nitrogens with two attached hydrogens (primary N) is 1. The van der Waals surface area contributed by atoms with Crippen molar-refractivity contribution in [2.75, 3.05) is 5.73 Å². The first kappa shape index (κ1) is 8.99. The third-order valence-electron chi connectivity index (χ3n) is 2.00. The summed E-state index contributed by atoms with van der Waals surface area (Å²) in [6, 6.07) is 3.65. The van der Waals surface area contributed by atoms with E-state index >= 15 is 0 Å². The van der Waals surface area contributed by atoms with E-state index in [-0.39, 0.29) is 0 Å². The molecule has 0 amide bonds. The summed E-state index contributed by atoms with van der Waals surface area (Å²) < 4.78 is 1.76. The summed E-state index contributed by atoms with van der Waals surface area (Å²) in [6.45, 7) is 4.31. The van der Waals surface area contributed by atoms with Crippen molar-refractivity contribution in [3.05, 3.63) is 24.2 Å². The highest BCUT2D eigenvalue weighted by atomic mass is 15.3. The van der Waals surface area contributed by atoms with E-state index in [0.717, 1.165) is 23.6 Å². The van der Waals surface area contributed by atoms with Crippen LogP contribution in [-0.4, -0.2) is 14.6 Å². The summed E-state index contributed by atoms with van der Waals surface area (Å²) in [7, 11) is 0. The first-order valence-electron chi connectivity index (χ1n) is 4.76. The van der Waals surface area contributed by atoms with E-state index in [1.807, 2.05) is 18.3 Å². The first-order valence-corrected chi connectivity index (χ1v) is 4.76. The smallest absolute Gasteiger partial charge is 0.157 e. The Kier molecular flexibility index (Phi) is 2.11. The van der Waals surface area contributed by atoms with Gasteiger partial charge in [0.2, 0.25) is 0 Å². The number of nitrogens with zero attached hydrogens (tertiary/aromatic N) is 3. The van der Waals surface area contributed by atoms with Crippen LogP contribution in [0, 0.1) is 5.92 Å².